The first kappa shape index (κ1) is 17.4. The summed E-state index contributed by atoms with van der Waals surface area (Å²) < 4.78 is 5.20. The summed E-state index contributed by atoms with van der Waals surface area (Å²) in [6.07, 6.45) is 3.90. The second-order valence-corrected chi connectivity index (χ2v) is 6.87. The summed E-state index contributed by atoms with van der Waals surface area (Å²) in [7, 11) is 1.61. The number of amidine groups is 1. The minimum absolute atomic E-state index is 0.0933. The zero-order valence-corrected chi connectivity index (χ0v) is 15.6. The van der Waals surface area contributed by atoms with E-state index in [9.17, 15) is 4.79 Å². The third-order valence-electron chi connectivity index (χ3n) is 4.91. The van der Waals surface area contributed by atoms with Crippen molar-refractivity contribution >= 4 is 23.9 Å². The fourth-order valence-corrected chi connectivity index (χ4v) is 3.44. The molecule has 3 aliphatic rings. The number of carbonyl (C=O) groups excluding carboxylic acids is 1. The molecule has 1 aromatic carbocycles. The van der Waals surface area contributed by atoms with Gasteiger partial charge in [-0.05, 0) is 19.1 Å². The normalized spacial score (nSPS) is 21.6. The van der Waals surface area contributed by atoms with Crippen LogP contribution in [0.2, 0.25) is 0 Å². The van der Waals surface area contributed by atoms with Crippen LogP contribution in [0.4, 0.5) is 10.5 Å². The van der Waals surface area contributed by atoms with Crippen LogP contribution in [0.5, 0.6) is 5.75 Å². The molecule has 1 saturated heterocycles. The topological polar surface area (TPSA) is 72.8 Å². The van der Waals surface area contributed by atoms with Gasteiger partial charge in [0, 0.05) is 50.6 Å². The van der Waals surface area contributed by atoms with Crippen molar-refractivity contribution in [3.8, 4) is 5.75 Å². The lowest BCUT2D eigenvalue weighted by molar-refractivity contribution is 0.167. The molecule has 1 N–H and O–H groups in total. The van der Waals surface area contributed by atoms with E-state index in [4.69, 9.17) is 4.74 Å². The Morgan fingerprint density at radius 2 is 2.07 bits per heavy atom. The number of nitrogens with one attached hydrogen (secondary N) is 1. The number of fused-ring (bicyclic) bond motifs is 1. The quantitative estimate of drug-likeness (QED) is 0.884. The number of amides is 2. The predicted octanol–water partition coefficient (Wildman–Crippen LogP) is 1.83. The zero-order valence-electron chi connectivity index (χ0n) is 15.6. The number of anilines is 1. The van der Waals surface area contributed by atoms with Crippen LogP contribution in [-0.2, 0) is 0 Å². The molecule has 4 rings (SSSR count). The van der Waals surface area contributed by atoms with Gasteiger partial charge in [0.15, 0.2) is 0 Å². The minimum Gasteiger partial charge on any atom is -0.497 e. The number of hydrogen-bond acceptors (Lipinski definition) is 6. The first-order chi connectivity index (χ1) is 13.1. The summed E-state index contributed by atoms with van der Waals surface area (Å²) >= 11 is 0. The monoisotopic (exact) mass is 368 g/mol. The molecule has 1 fully saturated rings. The van der Waals surface area contributed by atoms with Gasteiger partial charge in [-0.3, -0.25) is 4.99 Å². The van der Waals surface area contributed by atoms with Crippen molar-refractivity contribution in [3.63, 3.8) is 0 Å². The standard InChI is InChI=1S/C19H24N6O2/c1-14-12-25-13-20-17(11-18(25)21-14)23-6-8-24(9-7-23)19(26)22-15-4-3-5-16(10-15)27-2/h3-5,10-11,13-14H,6-9,12H2,1-2H3,(H,22,26)/t14-/m0/s1. The Bertz CT molecular complexity index is 810. The van der Waals surface area contributed by atoms with Gasteiger partial charge in [-0.2, -0.15) is 0 Å². The number of nitrogens with zero attached hydrogens (tertiary/aromatic N) is 5. The maximum atomic E-state index is 12.5. The van der Waals surface area contributed by atoms with E-state index in [2.05, 4.69) is 32.0 Å². The van der Waals surface area contributed by atoms with Crippen molar-refractivity contribution in [2.24, 2.45) is 9.98 Å². The molecule has 142 valence electrons. The van der Waals surface area contributed by atoms with Crippen LogP contribution in [-0.4, -0.2) is 78.8 Å². The Morgan fingerprint density at radius 3 is 2.85 bits per heavy atom. The van der Waals surface area contributed by atoms with Gasteiger partial charge in [-0.15, -0.1) is 0 Å². The zero-order chi connectivity index (χ0) is 18.8. The second-order valence-electron chi connectivity index (χ2n) is 6.87. The molecule has 27 heavy (non-hydrogen) atoms. The maximum Gasteiger partial charge on any atom is 0.321 e. The van der Waals surface area contributed by atoms with Crippen molar-refractivity contribution in [1.82, 2.24) is 14.7 Å². The van der Waals surface area contributed by atoms with E-state index in [1.807, 2.05) is 41.6 Å². The molecule has 0 aromatic heterocycles. The molecule has 0 bridgehead atoms. The molecule has 0 radical (unpaired) electrons. The Balaban J connectivity index is 1.33. The lowest BCUT2D eigenvalue weighted by Crippen LogP contribution is -2.49. The first-order valence-electron chi connectivity index (χ1n) is 9.17. The van der Waals surface area contributed by atoms with Crippen LogP contribution in [0.15, 0.2) is 46.1 Å². The van der Waals surface area contributed by atoms with E-state index in [0.29, 0.717) is 19.1 Å². The summed E-state index contributed by atoms with van der Waals surface area (Å²) in [5.41, 5.74) is 0.731. The molecule has 1 aromatic rings. The Hall–Kier alpha value is -3.03. The molecule has 0 unspecified atom stereocenters. The minimum atomic E-state index is -0.0933. The molecule has 3 aliphatic heterocycles. The molecule has 2 amide bonds. The van der Waals surface area contributed by atoms with Gasteiger partial charge in [0.05, 0.1) is 19.5 Å². The van der Waals surface area contributed by atoms with E-state index >= 15 is 0 Å². The van der Waals surface area contributed by atoms with E-state index in [0.717, 1.165) is 42.7 Å². The van der Waals surface area contributed by atoms with Crippen LogP contribution < -0.4 is 10.1 Å². The molecule has 1 atom stereocenters. The molecule has 0 aliphatic carbocycles. The molecule has 8 nitrogen and oxygen atoms in total. The van der Waals surface area contributed by atoms with Crippen molar-refractivity contribution in [3.05, 3.63) is 36.2 Å². The van der Waals surface area contributed by atoms with E-state index in [1.165, 1.54) is 0 Å². The summed E-state index contributed by atoms with van der Waals surface area (Å²) in [4.78, 5) is 27.8. The van der Waals surface area contributed by atoms with Crippen molar-refractivity contribution < 1.29 is 9.53 Å². The summed E-state index contributed by atoms with van der Waals surface area (Å²) in [6.45, 7) is 5.78. The average molecular weight is 368 g/mol. The number of ether oxygens (including phenoxy) is 1. The van der Waals surface area contributed by atoms with Crippen molar-refractivity contribution in [2.45, 2.75) is 13.0 Å². The number of urea groups is 1. The fourth-order valence-electron chi connectivity index (χ4n) is 3.44. The fraction of sp³-hybridized carbons (Fsp3) is 0.421. The number of methoxy groups -OCH3 is 1. The molecule has 3 heterocycles. The third kappa shape index (κ3) is 3.74. The van der Waals surface area contributed by atoms with Gasteiger partial charge in [0.25, 0.3) is 0 Å². The smallest absolute Gasteiger partial charge is 0.321 e. The molecule has 0 saturated carbocycles. The second kappa shape index (κ2) is 7.30. The molecular formula is C19H24N6O2. The Kier molecular flexibility index (Phi) is 4.70. The summed E-state index contributed by atoms with van der Waals surface area (Å²) in [6, 6.07) is 7.58. The van der Waals surface area contributed by atoms with Gasteiger partial charge in [-0.1, -0.05) is 6.07 Å². The van der Waals surface area contributed by atoms with E-state index in [1.54, 1.807) is 7.11 Å². The molecule has 8 heteroatoms. The number of benzene rings is 1. The predicted molar refractivity (Wildman–Crippen MR) is 105 cm³/mol. The average Bonchev–Trinajstić information content (AvgIpc) is 3.07. The lowest BCUT2D eigenvalue weighted by atomic mass is 10.3. The Morgan fingerprint density at radius 1 is 1.26 bits per heavy atom. The van der Waals surface area contributed by atoms with Gasteiger partial charge < -0.3 is 24.8 Å². The highest BCUT2D eigenvalue weighted by atomic mass is 16.5. The van der Waals surface area contributed by atoms with Crippen LogP contribution >= 0.6 is 0 Å². The number of piperazine rings is 1. The lowest BCUT2D eigenvalue weighted by Gasteiger charge is -2.36. The van der Waals surface area contributed by atoms with E-state index < -0.39 is 0 Å². The Labute approximate surface area is 158 Å². The van der Waals surface area contributed by atoms with Gasteiger partial charge in [0.2, 0.25) is 0 Å². The maximum absolute atomic E-state index is 12.5. The largest absolute Gasteiger partial charge is 0.497 e. The first-order valence-corrected chi connectivity index (χ1v) is 9.17. The number of rotatable bonds is 3. The van der Waals surface area contributed by atoms with Crippen molar-refractivity contribution in [2.75, 3.05) is 45.2 Å². The summed E-state index contributed by atoms with van der Waals surface area (Å²) in [5, 5.41) is 2.93. The highest BCUT2D eigenvalue weighted by molar-refractivity contribution is 6.03. The highest BCUT2D eigenvalue weighted by Gasteiger charge is 2.27. The molecular weight excluding hydrogens is 344 g/mol. The van der Waals surface area contributed by atoms with Crippen molar-refractivity contribution in [1.29, 1.82) is 0 Å². The van der Waals surface area contributed by atoms with Gasteiger partial charge in [-0.25, -0.2) is 9.79 Å². The summed E-state index contributed by atoms with van der Waals surface area (Å²) in [5.74, 6) is 2.62. The van der Waals surface area contributed by atoms with Crippen LogP contribution in [0.25, 0.3) is 0 Å². The van der Waals surface area contributed by atoms with Crippen LogP contribution in [0, 0.1) is 0 Å². The number of carbonyl (C=O) groups is 1. The third-order valence-corrected chi connectivity index (χ3v) is 4.91. The number of hydrogen-bond donors (Lipinski definition) is 1. The van der Waals surface area contributed by atoms with Crippen LogP contribution in [0.3, 0.4) is 0 Å². The number of aliphatic imine (C=N–C) groups is 2. The van der Waals surface area contributed by atoms with Crippen LogP contribution in [0.1, 0.15) is 6.92 Å². The SMILES string of the molecule is COc1cccc(NC(=O)N2CCN(C3=CC4=N[C@@H](C)CN4C=N3)CC2)c1. The van der Waals surface area contributed by atoms with E-state index in [-0.39, 0.29) is 6.03 Å². The van der Waals surface area contributed by atoms with Gasteiger partial charge in [0.1, 0.15) is 17.4 Å². The highest BCUT2D eigenvalue weighted by Crippen LogP contribution is 2.20. The van der Waals surface area contributed by atoms with Gasteiger partial charge >= 0.3 is 6.03 Å². The molecule has 0 spiro atoms.